The Balaban J connectivity index is 1.52. The number of nitrogens with zero attached hydrogens (tertiary/aromatic N) is 1. The minimum absolute atomic E-state index is 0.176. The monoisotopic (exact) mass is 358 g/mol. The third kappa shape index (κ3) is 3.72. The van der Waals surface area contributed by atoms with Crippen LogP contribution in [0, 0.1) is 0 Å². The van der Waals surface area contributed by atoms with E-state index in [1.165, 1.54) is 0 Å². The molecule has 3 aromatic rings. The number of aromatic nitrogens is 1. The quantitative estimate of drug-likeness (QED) is 0.725. The first kappa shape index (κ1) is 17.0. The number of hydrogen-bond donors (Lipinski definition) is 1. The molecule has 0 saturated carbocycles. The van der Waals surface area contributed by atoms with Gasteiger partial charge in [-0.3, -0.25) is 9.78 Å². The van der Waals surface area contributed by atoms with Crippen molar-refractivity contribution in [2.24, 2.45) is 0 Å². The number of ether oxygens (including phenoxy) is 1. The average molecular weight is 358 g/mol. The fourth-order valence-corrected chi connectivity index (χ4v) is 3.18. The van der Waals surface area contributed by atoms with Gasteiger partial charge in [0.25, 0.3) is 5.91 Å². The lowest BCUT2D eigenvalue weighted by molar-refractivity contribution is 0.0252. The first-order valence-corrected chi connectivity index (χ1v) is 8.76. The molecule has 5 heteroatoms. The number of cyclic esters (lactones) is 1. The molecule has 134 valence electrons. The summed E-state index contributed by atoms with van der Waals surface area (Å²) in [5.41, 5.74) is 3.81. The van der Waals surface area contributed by atoms with Gasteiger partial charge >= 0.3 is 5.97 Å². The average Bonchev–Trinajstić information content (AvgIpc) is 2.73. The number of hydrogen-bond acceptors (Lipinski definition) is 4. The Hall–Kier alpha value is -3.47. The van der Waals surface area contributed by atoms with E-state index in [0.29, 0.717) is 24.1 Å². The van der Waals surface area contributed by atoms with Crippen LogP contribution in [-0.2, 0) is 17.7 Å². The molecular formula is C22H18N2O3. The SMILES string of the molecule is O=C(NCc1ccncc1)c1ccc2c(c1)C[C@@H](c1ccccc1)OC2=O. The zero-order valence-corrected chi connectivity index (χ0v) is 14.6. The first-order chi connectivity index (χ1) is 13.2. The predicted octanol–water partition coefficient (Wildman–Crippen LogP) is 3.47. The molecule has 0 saturated heterocycles. The maximum atomic E-state index is 12.5. The highest BCUT2D eigenvalue weighted by molar-refractivity contribution is 5.97. The Labute approximate surface area is 157 Å². The van der Waals surface area contributed by atoms with E-state index in [4.69, 9.17) is 4.74 Å². The molecule has 2 heterocycles. The summed E-state index contributed by atoms with van der Waals surface area (Å²) in [4.78, 5) is 28.8. The van der Waals surface area contributed by atoms with Gasteiger partial charge in [-0.25, -0.2) is 4.79 Å². The summed E-state index contributed by atoms with van der Waals surface area (Å²) < 4.78 is 5.56. The Kier molecular flexibility index (Phi) is 4.66. The van der Waals surface area contributed by atoms with Crippen LogP contribution in [0.2, 0.25) is 0 Å². The number of amides is 1. The van der Waals surface area contributed by atoms with Crippen LogP contribution in [0.25, 0.3) is 0 Å². The summed E-state index contributed by atoms with van der Waals surface area (Å²) in [6, 6.07) is 18.5. The molecule has 2 aromatic carbocycles. The Bertz CT molecular complexity index is 971. The third-order valence-electron chi connectivity index (χ3n) is 4.62. The van der Waals surface area contributed by atoms with Crippen LogP contribution in [0.1, 0.15) is 43.5 Å². The zero-order valence-electron chi connectivity index (χ0n) is 14.6. The van der Waals surface area contributed by atoms with Crippen LogP contribution in [0.4, 0.5) is 0 Å². The highest BCUT2D eigenvalue weighted by Gasteiger charge is 2.28. The summed E-state index contributed by atoms with van der Waals surface area (Å²) in [6.07, 6.45) is 3.60. The lowest BCUT2D eigenvalue weighted by Gasteiger charge is -2.25. The molecule has 1 amide bonds. The lowest BCUT2D eigenvalue weighted by Crippen LogP contribution is -2.25. The summed E-state index contributed by atoms with van der Waals surface area (Å²) in [5.74, 6) is -0.529. The topological polar surface area (TPSA) is 68.3 Å². The van der Waals surface area contributed by atoms with E-state index < -0.39 is 0 Å². The zero-order chi connectivity index (χ0) is 18.6. The third-order valence-corrected chi connectivity index (χ3v) is 4.62. The summed E-state index contributed by atoms with van der Waals surface area (Å²) in [5, 5.41) is 2.89. The molecule has 1 aliphatic heterocycles. The number of rotatable bonds is 4. The van der Waals surface area contributed by atoms with Crippen LogP contribution in [-0.4, -0.2) is 16.9 Å². The predicted molar refractivity (Wildman–Crippen MR) is 100 cm³/mol. The first-order valence-electron chi connectivity index (χ1n) is 8.76. The van der Waals surface area contributed by atoms with Crippen molar-refractivity contribution in [2.75, 3.05) is 0 Å². The molecule has 5 nitrogen and oxygen atoms in total. The lowest BCUT2D eigenvalue weighted by atomic mass is 9.93. The van der Waals surface area contributed by atoms with Gasteiger partial charge in [-0.1, -0.05) is 30.3 Å². The van der Waals surface area contributed by atoms with Gasteiger partial charge in [0.1, 0.15) is 6.10 Å². The van der Waals surface area contributed by atoms with E-state index in [1.54, 1.807) is 30.6 Å². The maximum Gasteiger partial charge on any atom is 0.339 e. The van der Waals surface area contributed by atoms with Gasteiger partial charge in [0.15, 0.2) is 0 Å². The number of fused-ring (bicyclic) bond motifs is 1. The molecule has 1 atom stereocenters. The highest BCUT2D eigenvalue weighted by atomic mass is 16.5. The van der Waals surface area contributed by atoms with E-state index in [1.807, 2.05) is 42.5 Å². The van der Waals surface area contributed by atoms with Crippen LogP contribution >= 0.6 is 0 Å². The van der Waals surface area contributed by atoms with Gasteiger partial charge in [-0.15, -0.1) is 0 Å². The van der Waals surface area contributed by atoms with Gasteiger partial charge in [0, 0.05) is 30.9 Å². The largest absolute Gasteiger partial charge is 0.454 e. The van der Waals surface area contributed by atoms with Crippen molar-refractivity contribution in [1.82, 2.24) is 10.3 Å². The smallest absolute Gasteiger partial charge is 0.339 e. The van der Waals surface area contributed by atoms with Gasteiger partial charge in [-0.2, -0.15) is 0 Å². The number of esters is 1. The molecule has 0 spiro atoms. The van der Waals surface area contributed by atoms with Crippen LogP contribution < -0.4 is 5.32 Å². The number of nitrogens with one attached hydrogen (secondary N) is 1. The molecule has 27 heavy (non-hydrogen) atoms. The van der Waals surface area contributed by atoms with E-state index in [9.17, 15) is 9.59 Å². The van der Waals surface area contributed by atoms with Crippen molar-refractivity contribution in [3.63, 3.8) is 0 Å². The van der Waals surface area contributed by atoms with Crippen molar-refractivity contribution in [1.29, 1.82) is 0 Å². The fourth-order valence-electron chi connectivity index (χ4n) is 3.18. The summed E-state index contributed by atoms with van der Waals surface area (Å²) in [7, 11) is 0. The number of carbonyl (C=O) groups excluding carboxylic acids is 2. The Morgan fingerprint density at radius 3 is 2.63 bits per heavy atom. The summed E-state index contributed by atoms with van der Waals surface area (Å²) >= 11 is 0. The van der Waals surface area contributed by atoms with Gasteiger partial charge in [-0.05, 0) is 47.0 Å². The van der Waals surface area contributed by atoms with Crippen LogP contribution in [0.3, 0.4) is 0 Å². The van der Waals surface area contributed by atoms with E-state index in [2.05, 4.69) is 10.3 Å². The number of carbonyl (C=O) groups is 2. The molecule has 1 aliphatic rings. The van der Waals surface area contributed by atoms with E-state index in [-0.39, 0.29) is 18.0 Å². The van der Waals surface area contributed by atoms with Crippen LogP contribution in [0.15, 0.2) is 73.1 Å². The highest BCUT2D eigenvalue weighted by Crippen LogP contribution is 2.31. The molecule has 1 aromatic heterocycles. The Morgan fingerprint density at radius 1 is 1.07 bits per heavy atom. The summed E-state index contributed by atoms with van der Waals surface area (Å²) in [6.45, 7) is 0.424. The van der Waals surface area contributed by atoms with Crippen LogP contribution in [0.5, 0.6) is 0 Å². The normalized spacial score (nSPS) is 15.6. The molecule has 0 unspecified atom stereocenters. The second-order valence-corrected chi connectivity index (χ2v) is 6.42. The van der Waals surface area contributed by atoms with Crippen molar-refractivity contribution in [3.05, 3.63) is 101 Å². The molecule has 1 N–H and O–H groups in total. The number of pyridine rings is 1. The molecule has 0 radical (unpaired) electrons. The van der Waals surface area contributed by atoms with Crippen molar-refractivity contribution >= 4 is 11.9 Å². The fraction of sp³-hybridized carbons (Fsp3) is 0.136. The molecule has 0 fully saturated rings. The van der Waals surface area contributed by atoms with E-state index in [0.717, 1.165) is 16.7 Å². The van der Waals surface area contributed by atoms with Gasteiger partial charge < -0.3 is 10.1 Å². The minimum atomic E-state index is -0.353. The van der Waals surface area contributed by atoms with Gasteiger partial charge in [0.2, 0.25) is 0 Å². The minimum Gasteiger partial charge on any atom is -0.454 e. The second-order valence-electron chi connectivity index (χ2n) is 6.42. The Morgan fingerprint density at radius 2 is 1.85 bits per heavy atom. The van der Waals surface area contributed by atoms with Crippen molar-refractivity contribution in [3.8, 4) is 0 Å². The standard InChI is InChI=1S/C22H18N2O3/c25-21(24-14-15-8-10-23-11-9-15)17-6-7-19-18(12-17)13-20(27-22(19)26)16-4-2-1-3-5-16/h1-12,20H,13-14H2,(H,24,25)/t20-/m0/s1. The molecule has 0 aliphatic carbocycles. The van der Waals surface area contributed by atoms with Crippen molar-refractivity contribution < 1.29 is 14.3 Å². The number of benzene rings is 2. The maximum absolute atomic E-state index is 12.5. The van der Waals surface area contributed by atoms with E-state index >= 15 is 0 Å². The molecule has 4 rings (SSSR count). The second kappa shape index (κ2) is 7.41. The molecular weight excluding hydrogens is 340 g/mol. The molecule has 0 bridgehead atoms. The van der Waals surface area contributed by atoms with Crippen molar-refractivity contribution in [2.45, 2.75) is 19.1 Å². The van der Waals surface area contributed by atoms with Gasteiger partial charge in [0.05, 0.1) is 5.56 Å².